The van der Waals surface area contributed by atoms with Crippen molar-refractivity contribution in [3.63, 3.8) is 0 Å². The molecule has 0 bridgehead atoms. The van der Waals surface area contributed by atoms with Gasteiger partial charge in [-0.3, -0.25) is 4.79 Å². The van der Waals surface area contributed by atoms with Crippen LogP contribution < -0.4 is 5.73 Å². The van der Waals surface area contributed by atoms with Crippen molar-refractivity contribution in [2.45, 2.75) is 6.92 Å². The van der Waals surface area contributed by atoms with Crippen LogP contribution in [0.4, 0.5) is 0 Å². The second kappa shape index (κ2) is 3.82. The monoisotopic (exact) mass is 218 g/mol. The second-order valence-corrected chi connectivity index (χ2v) is 4.09. The van der Waals surface area contributed by atoms with E-state index in [1.54, 1.807) is 12.3 Å². The average molecular weight is 218 g/mol. The fourth-order valence-corrected chi connectivity index (χ4v) is 2.27. The van der Waals surface area contributed by atoms with Gasteiger partial charge in [-0.15, -0.1) is 11.3 Å². The number of benzene rings is 1. The number of carbonyl (C=O) groups excluding carboxylic acids is 1. The molecule has 2 N–H and O–H groups in total. The molecule has 0 unspecified atom stereocenters. The zero-order chi connectivity index (χ0) is 10.8. The molecule has 4 heteroatoms. The number of nitrogens with two attached hydrogens (primary N) is 1. The highest BCUT2D eigenvalue weighted by molar-refractivity contribution is 7.13. The molecule has 1 aromatic carbocycles. The van der Waals surface area contributed by atoms with Crippen LogP contribution in [0.25, 0.3) is 10.6 Å². The predicted octanol–water partition coefficient (Wildman–Crippen LogP) is 2.22. The van der Waals surface area contributed by atoms with E-state index in [0.29, 0.717) is 5.56 Å². The van der Waals surface area contributed by atoms with E-state index in [4.69, 9.17) is 5.73 Å². The summed E-state index contributed by atoms with van der Waals surface area (Å²) in [5.74, 6) is -0.413. The predicted molar refractivity (Wildman–Crippen MR) is 60.8 cm³/mol. The van der Waals surface area contributed by atoms with Gasteiger partial charge >= 0.3 is 0 Å². The van der Waals surface area contributed by atoms with Crippen molar-refractivity contribution >= 4 is 17.2 Å². The number of aromatic nitrogens is 1. The van der Waals surface area contributed by atoms with E-state index in [-0.39, 0.29) is 0 Å². The lowest BCUT2D eigenvalue weighted by Crippen LogP contribution is -2.12. The summed E-state index contributed by atoms with van der Waals surface area (Å²) >= 11 is 1.50. The fourth-order valence-electron chi connectivity index (χ4n) is 1.50. The molecule has 2 rings (SSSR count). The Morgan fingerprint density at radius 3 is 2.87 bits per heavy atom. The van der Waals surface area contributed by atoms with Gasteiger partial charge in [0.15, 0.2) is 0 Å². The molecule has 0 aliphatic rings. The first-order valence-corrected chi connectivity index (χ1v) is 5.37. The molecule has 1 amide bonds. The number of primary amides is 1. The number of hydrogen-bond donors (Lipinski definition) is 1. The lowest BCUT2D eigenvalue weighted by atomic mass is 10.0. The maximum absolute atomic E-state index is 11.3. The molecule has 0 radical (unpaired) electrons. The minimum absolute atomic E-state index is 0.413. The number of amides is 1. The smallest absolute Gasteiger partial charge is 0.249 e. The van der Waals surface area contributed by atoms with Gasteiger partial charge in [0.2, 0.25) is 5.91 Å². The Bertz CT molecular complexity index is 491. The Kier molecular flexibility index (Phi) is 2.51. The summed E-state index contributed by atoms with van der Waals surface area (Å²) in [6.45, 7) is 1.95. The summed E-state index contributed by atoms with van der Waals surface area (Å²) < 4.78 is 0. The molecule has 2 aromatic rings. The molecule has 1 heterocycles. The first-order chi connectivity index (χ1) is 7.20. The van der Waals surface area contributed by atoms with E-state index in [9.17, 15) is 4.79 Å². The van der Waals surface area contributed by atoms with Gasteiger partial charge in [-0.05, 0) is 18.6 Å². The maximum atomic E-state index is 11.3. The van der Waals surface area contributed by atoms with Crippen LogP contribution in [0.3, 0.4) is 0 Å². The van der Waals surface area contributed by atoms with Crippen molar-refractivity contribution < 1.29 is 4.79 Å². The third-order valence-corrected chi connectivity index (χ3v) is 2.98. The van der Waals surface area contributed by atoms with Gasteiger partial charge in [-0.1, -0.05) is 12.1 Å². The maximum Gasteiger partial charge on any atom is 0.249 e. The van der Waals surface area contributed by atoms with E-state index in [1.807, 2.05) is 24.4 Å². The van der Waals surface area contributed by atoms with Crippen LogP contribution in [0.2, 0.25) is 0 Å². The summed E-state index contributed by atoms with van der Waals surface area (Å²) in [5.41, 5.74) is 7.72. The Labute approximate surface area is 91.6 Å². The Morgan fingerprint density at radius 2 is 2.27 bits per heavy atom. The largest absolute Gasteiger partial charge is 0.366 e. The lowest BCUT2D eigenvalue weighted by Gasteiger charge is -2.06. The summed E-state index contributed by atoms with van der Waals surface area (Å²) in [6.07, 6.45) is 1.72. The fraction of sp³-hybridized carbons (Fsp3) is 0.0909. The Hall–Kier alpha value is -1.68. The molecule has 0 atom stereocenters. The van der Waals surface area contributed by atoms with Crippen molar-refractivity contribution in [1.29, 1.82) is 0 Å². The van der Waals surface area contributed by atoms with Gasteiger partial charge < -0.3 is 5.73 Å². The summed E-state index contributed by atoms with van der Waals surface area (Å²) in [7, 11) is 0. The molecule has 0 aliphatic carbocycles. The van der Waals surface area contributed by atoms with Crippen LogP contribution >= 0.6 is 11.3 Å². The van der Waals surface area contributed by atoms with E-state index >= 15 is 0 Å². The van der Waals surface area contributed by atoms with Crippen LogP contribution in [-0.2, 0) is 0 Å². The minimum Gasteiger partial charge on any atom is -0.366 e. The molecular weight excluding hydrogens is 208 g/mol. The van der Waals surface area contributed by atoms with Crippen molar-refractivity contribution in [3.05, 3.63) is 40.9 Å². The van der Waals surface area contributed by atoms with Gasteiger partial charge in [0.1, 0.15) is 5.01 Å². The minimum atomic E-state index is -0.413. The molecule has 15 heavy (non-hydrogen) atoms. The summed E-state index contributed by atoms with van der Waals surface area (Å²) in [5, 5.41) is 2.72. The number of nitrogens with zero attached hydrogens (tertiary/aromatic N) is 1. The van der Waals surface area contributed by atoms with Crippen molar-refractivity contribution in [3.8, 4) is 10.6 Å². The third kappa shape index (κ3) is 1.76. The van der Waals surface area contributed by atoms with Crippen LogP contribution in [0.15, 0.2) is 29.8 Å². The molecule has 0 saturated heterocycles. The molecule has 76 valence electrons. The number of rotatable bonds is 2. The zero-order valence-corrected chi connectivity index (χ0v) is 9.04. The third-order valence-electron chi connectivity index (χ3n) is 2.18. The van der Waals surface area contributed by atoms with Crippen LogP contribution in [0, 0.1) is 6.92 Å². The Balaban J connectivity index is 2.68. The topological polar surface area (TPSA) is 56.0 Å². The molecule has 0 saturated carbocycles. The number of carbonyl (C=O) groups is 1. The molecule has 0 fully saturated rings. The van der Waals surface area contributed by atoms with Crippen LogP contribution in [0.1, 0.15) is 15.9 Å². The zero-order valence-electron chi connectivity index (χ0n) is 8.23. The standard InChI is InChI=1S/C11H10N2OS/c1-7-3-2-4-8(10(12)14)9(7)11-13-5-6-15-11/h2-6H,1H3,(H2,12,14). The van der Waals surface area contributed by atoms with Crippen LogP contribution in [-0.4, -0.2) is 10.9 Å². The number of hydrogen-bond acceptors (Lipinski definition) is 3. The summed E-state index contributed by atoms with van der Waals surface area (Å²) in [4.78, 5) is 15.5. The van der Waals surface area contributed by atoms with Gasteiger partial charge in [0.05, 0.1) is 0 Å². The van der Waals surface area contributed by atoms with E-state index < -0.39 is 5.91 Å². The van der Waals surface area contributed by atoms with Crippen molar-refractivity contribution in [1.82, 2.24) is 4.98 Å². The molecule has 0 spiro atoms. The second-order valence-electron chi connectivity index (χ2n) is 3.20. The highest BCUT2D eigenvalue weighted by atomic mass is 32.1. The number of aryl methyl sites for hydroxylation is 1. The van der Waals surface area contributed by atoms with E-state index in [1.165, 1.54) is 11.3 Å². The number of thiazole rings is 1. The molecule has 3 nitrogen and oxygen atoms in total. The van der Waals surface area contributed by atoms with Crippen LogP contribution in [0.5, 0.6) is 0 Å². The lowest BCUT2D eigenvalue weighted by molar-refractivity contribution is 0.100. The average Bonchev–Trinajstić information content (AvgIpc) is 2.70. The molecule has 1 aromatic heterocycles. The van der Waals surface area contributed by atoms with Gasteiger partial charge in [0, 0.05) is 22.7 Å². The van der Waals surface area contributed by atoms with Gasteiger partial charge in [-0.2, -0.15) is 0 Å². The Morgan fingerprint density at radius 1 is 1.47 bits per heavy atom. The van der Waals surface area contributed by atoms with Crippen molar-refractivity contribution in [2.24, 2.45) is 5.73 Å². The van der Waals surface area contributed by atoms with Gasteiger partial charge in [0.25, 0.3) is 0 Å². The first kappa shape index (κ1) is 9.86. The highest BCUT2D eigenvalue weighted by Crippen LogP contribution is 2.28. The molecule has 0 aliphatic heterocycles. The normalized spacial score (nSPS) is 10.2. The first-order valence-electron chi connectivity index (χ1n) is 4.49. The quantitative estimate of drug-likeness (QED) is 0.840. The van der Waals surface area contributed by atoms with Crippen molar-refractivity contribution in [2.75, 3.05) is 0 Å². The van der Waals surface area contributed by atoms with E-state index in [2.05, 4.69) is 4.98 Å². The SMILES string of the molecule is Cc1cccc(C(N)=O)c1-c1nccs1. The van der Waals surface area contributed by atoms with E-state index in [0.717, 1.165) is 16.1 Å². The van der Waals surface area contributed by atoms with Gasteiger partial charge in [-0.25, -0.2) is 4.98 Å². The highest BCUT2D eigenvalue weighted by Gasteiger charge is 2.13. The molecular formula is C11H10N2OS. The summed E-state index contributed by atoms with van der Waals surface area (Å²) in [6, 6.07) is 5.50.